The van der Waals surface area contributed by atoms with Crippen molar-refractivity contribution in [1.82, 2.24) is 0 Å². The summed E-state index contributed by atoms with van der Waals surface area (Å²) in [5.74, 6) is -0.755. The van der Waals surface area contributed by atoms with Gasteiger partial charge in [-0.1, -0.05) is 6.58 Å². The van der Waals surface area contributed by atoms with Crippen LogP contribution in [0.25, 0.3) is 0 Å². The van der Waals surface area contributed by atoms with Gasteiger partial charge in [-0.25, -0.2) is 4.79 Å². The molecule has 1 unspecified atom stereocenters. The summed E-state index contributed by atoms with van der Waals surface area (Å²) in [7, 11) is 0. The fourth-order valence-corrected chi connectivity index (χ4v) is 2.32. The van der Waals surface area contributed by atoms with Crippen LogP contribution < -0.4 is 0 Å². The zero-order chi connectivity index (χ0) is 14.0. The summed E-state index contributed by atoms with van der Waals surface area (Å²) >= 11 is 0. The van der Waals surface area contributed by atoms with Gasteiger partial charge in [-0.15, -0.1) is 0 Å². The molecule has 0 amide bonds. The van der Waals surface area contributed by atoms with Crippen molar-refractivity contribution in [3.8, 4) is 0 Å². The molecule has 0 heterocycles. The quantitative estimate of drug-likeness (QED) is 0.628. The summed E-state index contributed by atoms with van der Waals surface area (Å²) < 4.78 is 43.1. The average molecular weight is 266 g/mol. The molecular formula is C12H17F3O3. The summed E-state index contributed by atoms with van der Waals surface area (Å²) in [6.07, 6.45) is -2.44. The van der Waals surface area contributed by atoms with Gasteiger partial charge in [0, 0.05) is 12.5 Å². The number of carbonyl (C=O) groups excluding carboxylic acids is 1. The molecule has 1 fully saturated rings. The zero-order valence-electron chi connectivity index (χ0n) is 10.2. The molecule has 0 radical (unpaired) electrons. The zero-order valence-corrected chi connectivity index (χ0v) is 10.2. The molecule has 1 atom stereocenters. The molecule has 0 bridgehead atoms. The first-order chi connectivity index (χ1) is 8.12. The Morgan fingerprint density at radius 1 is 1.44 bits per heavy atom. The lowest BCUT2D eigenvalue weighted by Gasteiger charge is -2.36. The van der Waals surface area contributed by atoms with Crippen LogP contribution in [-0.4, -0.2) is 28.5 Å². The number of hydrogen-bond acceptors (Lipinski definition) is 3. The molecule has 1 aliphatic carbocycles. The second-order valence-corrected chi connectivity index (χ2v) is 4.96. The molecule has 0 spiro atoms. The molecule has 3 nitrogen and oxygen atoms in total. The minimum atomic E-state index is -4.75. The molecule has 0 aliphatic heterocycles. The van der Waals surface area contributed by atoms with Crippen molar-refractivity contribution in [1.29, 1.82) is 0 Å². The Balaban J connectivity index is 2.87. The highest BCUT2D eigenvalue weighted by molar-refractivity contribution is 5.81. The third-order valence-electron chi connectivity index (χ3n) is 3.28. The summed E-state index contributed by atoms with van der Waals surface area (Å²) in [5.41, 5.74) is -4.09. The number of aliphatic hydroxyl groups is 1. The van der Waals surface area contributed by atoms with Crippen molar-refractivity contribution in [2.75, 3.05) is 0 Å². The molecule has 0 aromatic heterocycles. The smallest absolute Gasteiger partial charge is 0.417 e. The van der Waals surface area contributed by atoms with Crippen LogP contribution in [0.2, 0.25) is 0 Å². The fourth-order valence-electron chi connectivity index (χ4n) is 2.32. The Bertz CT molecular complexity index is 328. The maximum absolute atomic E-state index is 12.7. The van der Waals surface area contributed by atoms with E-state index in [1.165, 1.54) is 0 Å². The highest BCUT2D eigenvalue weighted by Crippen LogP contribution is 2.44. The molecule has 0 saturated heterocycles. The minimum Gasteiger partial charge on any atom is -0.456 e. The Kier molecular flexibility index (Phi) is 4.10. The number of hydrogen-bond donors (Lipinski definition) is 1. The van der Waals surface area contributed by atoms with Crippen LogP contribution in [0.3, 0.4) is 0 Å². The van der Waals surface area contributed by atoms with E-state index in [-0.39, 0.29) is 0 Å². The summed E-state index contributed by atoms with van der Waals surface area (Å²) in [6.45, 7) is 3.92. The van der Waals surface area contributed by atoms with Crippen LogP contribution in [0.5, 0.6) is 0 Å². The number of carbonyl (C=O) groups is 1. The van der Waals surface area contributed by atoms with Crippen molar-refractivity contribution < 1.29 is 27.8 Å². The molecule has 6 heteroatoms. The first-order valence-corrected chi connectivity index (χ1v) is 5.76. The van der Waals surface area contributed by atoms with Crippen LogP contribution in [0.1, 0.15) is 39.0 Å². The van der Waals surface area contributed by atoms with E-state index in [9.17, 15) is 23.1 Å². The maximum atomic E-state index is 12.7. The number of ether oxygens (including phenoxy) is 1. The third-order valence-corrected chi connectivity index (χ3v) is 3.28. The van der Waals surface area contributed by atoms with Gasteiger partial charge in [0.2, 0.25) is 0 Å². The number of rotatable bonds is 4. The van der Waals surface area contributed by atoms with Crippen LogP contribution in [0, 0.1) is 0 Å². The van der Waals surface area contributed by atoms with Crippen LogP contribution in [-0.2, 0) is 9.53 Å². The maximum Gasteiger partial charge on any atom is 0.417 e. The van der Waals surface area contributed by atoms with E-state index in [2.05, 4.69) is 6.58 Å². The topological polar surface area (TPSA) is 46.5 Å². The van der Waals surface area contributed by atoms with E-state index in [1.54, 1.807) is 0 Å². The van der Waals surface area contributed by atoms with E-state index >= 15 is 0 Å². The Morgan fingerprint density at radius 2 is 1.94 bits per heavy atom. The van der Waals surface area contributed by atoms with Gasteiger partial charge in [0.1, 0.15) is 5.60 Å². The lowest BCUT2D eigenvalue weighted by Crippen LogP contribution is -2.49. The molecule has 18 heavy (non-hydrogen) atoms. The highest BCUT2D eigenvalue weighted by atomic mass is 19.4. The Labute approximate surface area is 104 Å². The predicted octanol–water partition coefficient (Wildman–Crippen LogP) is 2.73. The summed E-state index contributed by atoms with van der Waals surface area (Å²) in [6, 6.07) is 0. The van der Waals surface area contributed by atoms with Crippen LogP contribution in [0.4, 0.5) is 13.2 Å². The van der Waals surface area contributed by atoms with Crippen molar-refractivity contribution >= 4 is 5.97 Å². The normalized spacial score (nSPS) is 22.3. The second kappa shape index (κ2) is 4.91. The Hall–Kier alpha value is -1.04. The van der Waals surface area contributed by atoms with E-state index in [0.29, 0.717) is 32.6 Å². The summed E-state index contributed by atoms with van der Waals surface area (Å²) in [5, 5.41) is 9.52. The number of esters is 1. The third kappa shape index (κ3) is 3.25. The van der Waals surface area contributed by atoms with Gasteiger partial charge in [-0.3, -0.25) is 0 Å². The largest absolute Gasteiger partial charge is 0.456 e. The predicted molar refractivity (Wildman–Crippen MR) is 58.8 cm³/mol. The molecule has 0 aromatic carbocycles. The average Bonchev–Trinajstić information content (AvgIpc) is 2.63. The van der Waals surface area contributed by atoms with E-state index in [1.807, 2.05) is 0 Å². The second-order valence-electron chi connectivity index (χ2n) is 4.96. The van der Waals surface area contributed by atoms with Gasteiger partial charge >= 0.3 is 12.1 Å². The monoisotopic (exact) mass is 266 g/mol. The van der Waals surface area contributed by atoms with E-state index in [0.717, 1.165) is 6.08 Å². The molecule has 1 N–H and O–H groups in total. The first-order valence-electron chi connectivity index (χ1n) is 5.76. The van der Waals surface area contributed by atoms with Gasteiger partial charge < -0.3 is 9.84 Å². The van der Waals surface area contributed by atoms with Gasteiger partial charge in [-0.05, 0) is 32.6 Å². The van der Waals surface area contributed by atoms with E-state index in [4.69, 9.17) is 4.74 Å². The van der Waals surface area contributed by atoms with Crippen molar-refractivity contribution in [3.05, 3.63) is 12.7 Å². The molecule has 104 valence electrons. The number of alkyl halides is 3. The van der Waals surface area contributed by atoms with Gasteiger partial charge in [0.05, 0.1) is 0 Å². The molecule has 1 rings (SSSR count). The lowest BCUT2D eigenvalue weighted by molar-refractivity contribution is -0.268. The van der Waals surface area contributed by atoms with Gasteiger partial charge in [-0.2, -0.15) is 13.2 Å². The SMILES string of the molecule is C=CC(=O)OC1(CC(C)(O)C(F)(F)F)CCCC1. The van der Waals surface area contributed by atoms with Crippen molar-refractivity contribution in [3.63, 3.8) is 0 Å². The highest BCUT2D eigenvalue weighted by Gasteiger charge is 2.55. The molecule has 1 aliphatic rings. The van der Waals surface area contributed by atoms with Crippen molar-refractivity contribution in [2.45, 2.75) is 56.4 Å². The molecule has 0 aromatic rings. The van der Waals surface area contributed by atoms with Crippen molar-refractivity contribution in [2.24, 2.45) is 0 Å². The molecular weight excluding hydrogens is 249 g/mol. The van der Waals surface area contributed by atoms with E-state index < -0.39 is 29.8 Å². The lowest BCUT2D eigenvalue weighted by atomic mass is 9.86. The summed E-state index contributed by atoms with van der Waals surface area (Å²) in [4.78, 5) is 11.2. The molecule has 1 saturated carbocycles. The van der Waals surface area contributed by atoms with Gasteiger partial charge in [0.15, 0.2) is 5.60 Å². The van der Waals surface area contributed by atoms with Crippen LogP contribution >= 0.6 is 0 Å². The first kappa shape index (κ1) is 15.0. The van der Waals surface area contributed by atoms with Gasteiger partial charge in [0.25, 0.3) is 0 Å². The fraction of sp³-hybridized carbons (Fsp3) is 0.750. The van der Waals surface area contributed by atoms with Crippen LogP contribution in [0.15, 0.2) is 12.7 Å². The number of halogens is 3. The Morgan fingerprint density at radius 3 is 2.33 bits per heavy atom. The standard InChI is InChI=1S/C12H17F3O3/c1-3-9(16)18-11(6-4-5-7-11)8-10(2,17)12(13,14)15/h3,17H,1,4-8H2,2H3. The minimum absolute atomic E-state index is 0.332.